The SMILES string of the molecule is [B]c1ccc(-c2cc(=O)c3ccccc3[nH]2)cc1. The maximum absolute atomic E-state index is 12.0. The number of pyridine rings is 1. The Hall–Kier alpha value is -2.29. The van der Waals surface area contributed by atoms with Crippen molar-refractivity contribution >= 4 is 24.2 Å². The van der Waals surface area contributed by atoms with Crippen molar-refractivity contribution < 1.29 is 0 Å². The smallest absolute Gasteiger partial charge is 0.190 e. The van der Waals surface area contributed by atoms with Gasteiger partial charge in [0.25, 0.3) is 0 Å². The zero-order valence-corrected chi connectivity index (χ0v) is 9.68. The highest BCUT2D eigenvalue weighted by Gasteiger charge is 2.03. The quantitative estimate of drug-likeness (QED) is 0.638. The minimum atomic E-state index is 0.0242. The van der Waals surface area contributed by atoms with Crippen LogP contribution < -0.4 is 10.9 Å². The van der Waals surface area contributed by atoms with Crippen LogP contribution in [-0.2, 0) is 0 Å². The summed E-state index contributed by atoms with van der Waals surface area (Å²) in [4.78, 5) is 15.3. The Labute approximate surface area is 106 Å². The molecular weight excluding hydrogens is 221 g/mol. The van der Waals surface area contributed by atoms with Crippen molar-refractivity contribution in [3.63, 3.8) is 0 Å². The van der Waals surface area contributed by atoms with Gasteiger partial charge in [-0.05, 0) is 17.7 Å². The summed E-state index contributed by atoms with van der Waals surface area (Å²) in [5.41, 5.74) is 3.33. The number of para-hydroxylation sites is 1. The van der Waals surface area contributed by atoms with Crippen LogP contribution in [0, 0.1) is 0 Å². The normalized spacial score (nSPS) is 10.7. The molecule has 0 atom stereocenters. The molecule has 3 heteroatoms. The van der Waals surface area contributed by atoms with Crippen LogP contribution in [0.15, 0.2) is 59.4 Å². The average Bonchev–Trinajstić information content (AvgIpc) is 2.39. The Morgan fingerprint density at radius 3 is 2.44 bits per heavy atom. The lowest BCUT2D eigenvalue weighted by Gasteiger charge is -2.05. The van der Waals surface area contributed by atoms with E-state index in [0.717, 1.165) is 16.8 Å². The molecule has 2 radical (unpaired) electrons. The van der Waals surface area contributed by atoms with Gasteiger partial charge in [0.05, 0.1) is 0 Å². The number of aromatic nitrogens is 1. The first-order chi connectivity index (χ1) is 8.74. The highest BCUT2D eigenvalue weighted by Crippen LogP contribution is 2.17. The molecule has 0 unspecified atom stereocenters. The predicted molar refractivity (Wildman–Crippen MR) is 75.4 cm³/mol. The van der Waals surface area contributed by atoms with E-state index in [2.05, 4.69) is 4.98 Å². The number of H-pyrrole nitrogens is 1. The maximum Gasteiger partial charge on any atom is 0.190 e. The van der Waals surface area contributed by atoms with Gasteiger partial charge in [-0.15, -0.1) is 0 Å². The zero-order chi connectivity index (χ0) is 12.5. The van der Waals surface area contributed by atoms with Crippen LogP contribution in [0.4, 0.5) is 0 Å². The van der Waals surface area contributed by atoms with E-state index < -0.39 is 0 Å². The molecule has 0 amide bonds. The Bertz CT molecular complexity index is 759. The van der Waals surface area contributed by atoms with Crippen LogP contribution in [0.1, 0.15) is 0 Å². The number of nitrogens with one attached hydrogen (secondary N) is 1. The van der Waals surface area contributed by atoms with Crippen molar-refractivity contribution in [2.75, 3.05) is 0 Å². The molecule has 0 aliphatic carbocycles. The molecule has 0 saturated heterocycles. The molecule has 18 heavy (non-hydrogen) atoms. The van der Waals surface area contributed by atoms with Gasteiger partial charge in [0.15, 0.2) is 5.43 Å². The molecule has 2 aromatic carbocycles. The third-order valence-electron chi connectivity index (χ3n) is 2.96. The number of hydrogen-bond acceptors (Lipinski definition) is 1. The lowest BCUT2D eigenvalue weighted by atomic mass is 9.94. The fraction of sp³-hybridized carbons (Fsp3) is 0. The minimum Gasteiger partial charge on any atom is -0.354 e. The minimum absolute atomic E-state index is 0.0242. The number of hydrogen-bond donors (Lipinski definition) is 1. The summed E-state index contributed by atoms with van der Waals surface area (Å²) in [7, 11) is 5.65. The van der Waals surface area contributed by atoms with Gasteiger partial charge in [-0.25, -0.2) is 0 Å². The molecule has 0 saturated carbocycles. The molecule has 2 nitrogen and oxygen atoms in total. The van der Waals surface area contributed by atoms with E-state index in [1.165, 1.54) is 0 Å². The van der Waals surface area contributed by atoms with Gasteiger partial charge < -0.3 is 4.98 Å². The summed E-state index contributed by atoms with van der Waals surface area (Å²) in [5.74, 6) is 0. The summed E-state index contributed by atoms with van der Waals surface area (Å²) in [6.07, 6.45) is 0. The number of benzene rings is 2. The third kappa shape index (κ3) is 1.84. The van der Waals surface area contributed by atoms with Gasteiger partial charge in [0, 0.05) is 22.7 Å². The van der Waals surface area contributed by atoms with Crippen LogP contribution in [0.2, 0.25) is 0 Å². The van der Waals surface area contributed by atoms with E-state index in [0.29, 0.717) is 10.8 Å². The van der Waals surface area contributed by atoms with Gasteiger partial charge in [-0.3, -0.25) is 4.79 Å². The Morgan fingerprint density at radius 1 is 0.944 bits per heavy atom. The van der Waals surface area contributed by atoms with Crippen LogP contribution in [0.25, 0.3) is 22.2 Å². The highest BCUT2D eigenvalue weighted by molar-refractivity contribution is 6.32. The second-order valence-electron chi connectivity index (χ2n) is 4.21. The molecule has 1 heterocycles. The van der Waals surface area contributed by atoms with Gasteiger partial charge in [-0.2, -0.15) is 0 Å². The molecule has 0 spiro atoms. The highest BCUT2D eigenvalue weighted by atomic mass is 16.1. The summed E-state index contributed by atoms with van der Waals surface area (Å²) >= 11 is 0. The Morgan fingerprint density at radius 2 is 1.67 bits per heavy atom. The predicted octanol–water partition coefficient (Wildman–Crippen LogP) is 1.99. The van der Waals surface area contributed by atoms with Gasteiger partial charge in [-0.1, -0.05) is 41.9 Å². The molecule has 1 N–H and O–H groups in total. The van der Waals surface area contributed by atoms with E-state index in [1.807, 2.05) is 48.5 Å². The van der Waals surface area contributed by atoms with Crippen molar-refractivity contribution in [2.45, 2.75) is 0 Å². The van der Waals surface area contributed by atoms with Crippen molar-refractivity contribution in [3.05, 3.63) is 64.8 Å². The van der Waals surface area contributed by atoms with E-state index in [4.69, 9.17) is 7.85 Å². The molecule has 0 fully saturated rings. The Kier molecular flexibility index (Phi) is 2.52. The maximum atomic E-state index is 12.0. The van der Waals surface area contributed by atoms with Crippen LogP contribution in [0.5, 0.6) is 0 Å². The van der Waals surface area contributed by atoms with E-state index in [9.17, 15) is 4.79 Å². The fourth-order valence-electron chi connectivity index (χ4n) is 2.02. The molecule has 1 aromatic heterocycles. The fourth-order valence-corrected chi connectivity index (χ4v) is 2.02. The van der Waals surface area contributed by atoms with Crippen molar-refractivity contribution in [1.29, 1.82) is 0 Å². The number of fused-ring (bicyclic) bond motifs is 1. The number of rotatable bonds is 1. The van der Waals surface area contributed by atoms with Crippen molar-refractivity contribution in [1.82, 2.24) is 4.98 Å². The molecular formula is C15H10BNO. The molecule has 0 aliphatic heterocycles. The largest absolute Gasteiger partial charge is 0.354 e. The molecule has 84 valence electrons. The van der Waals surface area contributed by atoms with Gasteiger partial charge in [0.2, 0.25) is 0 Å². The second kappa shape index (κ2) is 4.19. The van der Waals surface area contributed by atoms with Gasteiger partial charge in [0.1, 0.15) is 7.85 Å². The molecule has 0 bridgehead atoms. The summed E-state index contributed by atoms with van der Waals surface area (Å²) < 4.78 is 0. The van der Waals surface area contributed by atoms with E-state index in [-0.39, 0.29) is 5.43 Å². The van der Waals surface area contributed by atoms with E-state index >= 15 is 0 Å². The number of aromatic amines is 1. The standard InChI is InChI=1S/C15H10BNO/c16-11-7-5-10(6-8-11)14-9-15(18)12-3-1-2-4-13(12)17-14/h1-9H,(H,17,18). The van der Waals surface area contributed by atoms with Crippen molar-refractivity contribution in [3.8, 4) is 11.3 Å². The van der Waals surface area contributed by atoms with Gasteiger partial charge >= 0.3 is 0 Å². The van der Waals surface area contributed by atoms with Crippen LogP contribution in [-0.4, -0.2) is 12.8 Å². The third-order valence-corrected chi connectivity index (χ3v) is 2.96. The molecule has 3 aromatic rings. The van der Waals surface area contributed by atoms with Crippen LogP contribution in [0.3, 0.4) is 0 Å². The first-order valence-electron chi connectivity index (χ1n) is 5.72. The average molecular weight is 231 g/mol. The molecule has 3 rings (SSSR count). The van der Waals surface area contributed by atoms with E-state index in [1.54, 1.807) is 6.07 Å². The first kappa shape index (κ1) is 10.8. The summed E-state index contributed by atoms with van der Waals surface area (Å²) in [6, 6.07) is 16.5. The zero-order valence-electron chi connectivity index (χ0n) is 9.68. The molecule has 0 aliphatic rings. The lowest BCUT2D eigenvalue weighted by molar-refractivity contribution is 1.38. The summed E-state index contributed by atoms with van der Waals surface area (Å²) in [6.45, 7) is 0. The first-order valence-corrected chi connectivity index (χ1v) is 5.72. The monoisotopic (exact) mass is 231 g/mol. The Balaban J connectivity index is 2.24. The topological polar surface area (TPSA) is 32.9 Å². The van der Waals surface area contributed by atoms with Crippen LogP contribution >= 0.6 is 0 Å². The van der Waals surface area contributed by atoms with Crippen molar-refractivity contribution in [2.24, 2.45) is 0 Å². The summed E-state index contributed by atoms with van der Waals surface area (Å²) in [5, 5.41) is 0.705. The second-order valence-corrected chi connectivity index (χ2v) is 4.21. The lowest BCUT2D eigenvalue weighted by Crippen LogP contribution is -2.04.